The molecule has 0 aliphatic carbocycles. The number of pyridine rings is 1. The Hall–Kier alpha value is -2.03. The normalized spacial score (nSPS) is 11.0. The summed E-state index contributed by atoms with van der Waals surface area (Å²) >= 11 is 0. The monoisotopic (exact) mass is 199 g/mol. The van der Waals surface area contributed by atoms with Gasteiger partial charge in [-0.2, -0.15) is 0 Å². The van der Waals surface area contributed by atoms with Gasteiger partial charge < -0.3 is 9.15 Å². The second-order valence-electron chi connectivity index (χ2n) is 3.32. The number of nitrogens with zero attached hydrogens (tertiary/aromatic N) is 1. The van der Waals surface area contributed by atoms with E-state index >= 15 is 0 Å². The van der Waals surface area contributed by atoms with Crippen LogP contribution in [0, 0.1) is 0 Å². The predicted molar refractivity (Wildman–Crippen MR) is 58.1 cm³/mol. The molecular weight excluding hydrogens is 190 g/mol. The van der Waals surface area contributed by atoms with E-state index in [1.807, 2.05) is 30.3 Å². The van der Waals surface area contributed by atoms with E-state index in [2.05, 4.69) is 4.98 Å². The minimum absolute atomic E-state index is 0.517. The highest BCUT2D eigenvalue weighted by Crippen LogP contribution is 2.29. The fraction of sp³-hybridized carbons (Fsp3) is 0.0833. The number of hydrogen-bond acceptors (Lipinski definition) is 3. The van der Waals surface area contributed by atoms with Crippen LogP contribution in [0.25, 0.3) is 21.9 Å². The van der Waals surface area contributed by atoms with Crippen molar-refractivity contribution in [1.82, 2.24) is 4.98 Å². The van der Waals surface area contributed by atoms with Crippen molar-refractivity contribution in [3.8, 4) is 5.95 Å². The molecule has 0 aliphatic heterocycles. The first-order valence-electron chi connectivity index (χ1n) is 4.70. The van der Waals surface area contributed by atoms with Crippen LogP contribution in [0.4, 0.5) is 0 Å². The van der Waals surface area contributed by atoms with Gasteiger partial charge in [0.25, 0.3) is 5.95 Å². The minimum atomic E-state index is 0.517. The molecule has 2 heterocycles. The molecule has 15 heavy (non-hydrogen) atoms. The summed E-state index contributed by atoms with van der Waals surface area (Å²) in [7, 11) is 1.59. The van der Waals surface area contributed by atoms with Crippen molar-refractivity contribution in [3.05, 3.63) is 36.5 Å². The maximum absolute atomic E-state index is 5.46. The number of aromatic nitrogens is 1. The number of hydrogen-bond donors (Lipinski definition) is 0. The first kappa shape index (κ1) is 8.29. The number of methoxy groups -OCH3 is 1. The van der Waals surface area contributed by atoms with Crippen LogP contribution in [0.5, 0.6) is 5.95 Å². The van der Waals surface area contributed by atoms with Gasteiger partial charge in [0.1, 0.15) is 5.58 Å². The highest BCUT2D eigenvalue weighted by atomic mass is 16.6. The zero-order chi connectivity index (χ0) is 10.3. The molecule has 0 bridgehead atoms. The summed E-state index contributed by atoms with van der Waals surface area (Å²) in [5, 5.41) is 2.10. The van der Waals surface area contributed by atoms with Crippen LogP contribution in [0.15, 0.2) is 40.9 Å². The lowest BCUT2D eigenvalue weighted by atomic mass is 10.1. The summed E-state index contributed by atoms with van der Waals surface area (Å²) in [6, 6.07) is 9.74. The molecule has 2 aromatic heterocycles. The van der Waals surface area contributed by atoms with E-state index in [4.69, 9.17) is 9.15 Å². The molecule has 0 aliphatic rings. The first-order valence-corrected chi connectivity index (χ1v) is 4.70. The van der Waals surface area contributed by atoms with Crippen molar-refractivity contribution in [2.45, 2.75) is 0 Å². The quantitative estimate of drug-likeness (QED) is 0.604. The zero-order valence-corrected chi connectivity index (χ0v) is 8.23. The minimum Gasteiger partial charge on any atom is -0.468 e. The molecule has 3 rings (SSSR count). The molecule has 3 heteroatoms. The molecule has 0 atom stereocenters. The number of rotatable bonds is 1. The predicted octanol–water partition coefficient (Wildman–Crippen LogP) is 2.99. The van der Waals surface area contributed by atoms with Gasteiger partial charge >= 0.3 is 0 Å². The van der Waals surface area contributed by atoms with E-state index in [1.165, 1.54) is 0 Å². The van der Waals surface area contributed by atoms with Gasteiger partial charge in [-0.1, -0.05) is 6.07 Å². The van der Waals surface area contributed by atoms with Crippen molar-refractivity contribution in [2.24, 2.45) is 0 Å². The van der Waals surface area contributed by atoms with Crippen molar-refractivity contribution in [3.63, 3.8) is 0 Å². The number of fused-ring (bicyclic) bond motifs is 3. The van der Waals surface area contributed by atoms with Gasteiger partial charge in [0.15, 0.2) is 0 Å². The Morgan fingerprint density at radius 1 is 1.27 bits per heavy atom. The lowest BCUT2D eigenvalue weighted by Crippen LogP contribution is -1.77. The molecular formula is C12H9NO2. The Labute approximate surface area is 86.3 Å². The smallest absolute Gasteiger partial charge is 0.285 e. The van der Waals surface area contributed by atoms with Crippen LogP contribution in [0.1, 0.15) is 0 Å². The molecule has 0 fully saturated rings. The molecule has 1 aromatic carbocycles. The van der Waals surface area contributed by atoms with E-state index in [9.17, 15) is 0 Å². The highest BCUT2D eigenvalue weighted by molar-refractivity contribution is 6.03. The third kappa shape index (κ3) is 1.16. The summed E-state index contributed by atoms with van der Waals surface area (Å²) in [5.41, 5.74) is 1.75. The second-order valence-corrected chi connectivity index (χ2v) is 3.32. The van der Waals surface area contributed by atoms with Crippen molar-refractivity contribution < 1.29 is 9.15 Å². The fourth-order valence-electron chi connectivity index (χ4n) is 1.73. The maximum atomic E-state index is 5.46. The van der Waals surface area contributed by atoms with Crippen LogP contribution in [0.3, 0.4) is 0 Å². The first-order chi connectivity index (χ1) is 7.38. The number of furan rings is 1. The standard InChI is InChI=1S/C12H9NO2/c1-14-11-7-9-10(15-11)5-4-8-3-2-6-13-12(8)9/h2-7H,1H3. The van der Waals surface area contributed by atoms with E-state index in [-0.39, 0.29) is 0 Å². The van der Waals surface area contributed by atoms with Gasteiger partial charge in [-0.05, 0) is 18.2 Å². The number of ether oxygens (including phenoxy) is 1. The van der Waals surface area contributed by atoms with E-state index in [0.717, 1.165) is 21.9 Å². The van der Waals surface area contributed by atoms with Crippen LogP contribution in [0.2, 0.25) is 0 Å². The van der Waals surface area contributed by atoms with Crippen molar-refractivity contribution in [2.75, 3.05) is 7.11 Å². The maximum Gasteiger partial charge on any atom is 0.285 e. The summed E-state index contributed by atoms with van der Waals surface area (Å²) in [6.45, 7) is 0. The van der Waals surface area contributed by atoms with Gasteiger partial charge in [-0.3, -0.25) is 4.98 Å². The summed E-state index contributed by atoms with van der Waals surface area (Å²) in [4.78, 5) is 4.34. The second kappa shape index (κ2) is 2.98. The summed E-state index contributed by atoms with van der Waals surface area (Å²) < 4.78 is 10.5. The molecule has 3 nitrogen and oxygen atoms in total. The van der Waals surface area contributed by atoms with Gasteiger partial charge in [0, 0.05) is 17.6 Å². The van der Waals surface area contributed by atoms with E-state index < -0.39 is 0 Å². The third-order valence-corrected chi connectivity index (χ3v) is 2.45. The van der Waals surface area contributed by atoms with Crippen molar-refractivity contribution in [1.29, 1.82) is 0 Å². The SMILES string of the molecule is COc1cc2c(ccc3cccnc32)o1. The van der Waals surface area contributed by atoms with Gasteiger partial charge in [-0.15, -0.1) is 0 Å². The Kier molecular flexibility index (Phi) is 1.65. The molecule has 0 amide bonds. The third-order valence-electron chi connectivity index (χ3n) is 2.45. The molecule has 0 unspecified atom stereocenters. The van der Waals surface area contributed by atoms with Crippen LogP contribution in [-0.2, 0) is 0 Å². The molecule has 0 N–H and O–H groups in total. The van der Waals surface area contributed by atoms with Crippen LogP contribution < -0.4 is 4.74 Å². The largest absolute Gasteiger partial charge is 0.468 e. The molecule has 0 saturated carbocycles. The van der Waals surface area contributed by atoms with Gasteiger partial charge in [-0.25, -0.2) is 0 Å². The zero-order valence-electron chi connectivity index (χ0n) is 8.23. The molecule has 3 aromatic rings. The number of benzene rings is 1. The Bertz CT molecular complexity index is 628. The molecule has 74 valence electrons. The fourth-order valence-corrected chi connectivity index (χ4v) is 1.73. The summed E-state index contributed by atoms with van der Waals surface area (Å²) in [5.74, 6) is 0.517. The Balaban J connectivity index is 2.47. The average molecular weight is 199 g/mol. The summed E-state index contributed by atoms with van der Waals surface area (Å²) in [6.07, 6.45) is 1.78. The van der Waals surface area contributed by atoms with E-state index in [0.29, 0.717) is 5.95 Å². The lowest BCUT2D eigenvalue weighted by molar-refractivity contribution is 0.316. The van der Waals surface area contributed by atoms with E-state index in [1.54, 1.807) is 13.3 Å². The van der Waals surface area contributed by atoms with Gasteiger partial charge in [0.05, 0.1) is 18.0 Å². The van der Waals surface area contributed by atoms with Crippen LogP contribution >= 0.6 is 0 Å². The Morgan fingerprint density at radius 2 is 2.20 bits per heavy atom. The van der Waals surface area contributed by atoms with Crippen molar-refractivity contribution >= 4 is 21.9 Å². The molecule has 0 radical (unpaired) electrons. The Morgan fingerprint density at radius 3 is 3.07 bits per heavy atom. The average Bonchev–Trinajstić information content (AvgIpc) is 2.72. The van der Waals surface area contributed by atoms with Gasteiger partial charge in [0.2, 0.25) is 0 Å². The molecule has 0 spiro atoms. The molecule has 0 saturated heterocycles. The lowest BCUT2D eigenvalue weighted by Gasteiger charge is -1.95. The highest BCUT2D eigenvalue weighted by Gasteiger charge is 2.07. The van der Waals surface area contributed by atoms with Crippen LogP contribution in [-0.4, -0.2) is 12.1 Å². The topological polar surface area (TPSA) is 35.3 Å².